The highest BCUT2D eigenvalue weighted by atomic mass is 16.5. The quantitative estimate of drug-likeness (QED) is 0.741. The van der Waals surface area contributed by atoms with E-state index in [1.165, 1.54) is 38.5 Å². The molecule has 112 valence electrons. The molecule has 4 nitrogen and oxygen atoms in total. The third-order valence-electron chi connectivity index (χ3n) is 4.29. The molecule has 19 heavy (non-hydrogen) atoms. The molecule has 2 aliphatic rings. The molecule has 1 saturated heterocycles. The minimum absolute atomic E-state index is 0.610. The standard InChI is InChI=1S/C15H30N2O2/c1-15(18,13-17-8-10-19-11-9-17)12-16-14-6-4-2-3-5-7-14/h14,16,18H,2-13H2,1H3. The molecule has 1 aliphatic carbocycles. The van der Waals surface area contributed by atoms with Crippen molar-refractivity contribution < 1.29 is 9.84 Å². The molecule has 1 unspecified atom stereocenters. The van der Waals surface area contributed by atoms with Crippen LogP contribution in [0.4, 0.5) is 0 Å². The number of hydrogen-bond acceptors (Lipinski definition) is 4. The zero-order valence-corrected chi connectivity index (χ0v) is 12.4. The first-order valence-electron chi connectivity index (χ1n) is 7.92. The highest BCUT2D eigenvalue weighted by Gasteiger charge is 2.26. The molecule has 4 heteroatoms. The fourth-order valence-electron chi connectivity index (χ4n) is 3.14. The number of rotatable bonds is 5. The van der Waals surface area contributed by atoms with Gasteiger partial charge in [0.05, 0.1) is 18.8 Å². The predicted octanol–water partition coefficient (Wildman–Crippen LogP) is 1.38. The largest absolute Gasteiger partial charge is 0.388 e. The van der Waals surface area contributed by atoms with Crippen LogP contribution in [0.15, 0.2) is 0 Å². The molecule has 1 heterocycles. The Morgan fingerprint density at radius 1 is 1.16 bits per heavy atom. The van der Waals surface area contributed by atoms with Gasteiger partial charge in [-0.15, -0.1) is 0 Å². The molecule has 0 radical (unpaired) electrons. The summed E-state index contributed by atoms with van der Waals surface area (Å²) >= 11 is 0. The number of β-amino-alcohol motifs (C(OH)–C–C–N with tert-alkyl or cyclic N) is 1. The van der Waals surface area contributed by atoms with Crippen LogP contribution in [0.3, 0.4) is 0 Å². The van der Waals surface area contributed by atoms with E-state index in [1.54, 1.807) is 0 Å². The van der Waals surface area contributed by atoms with E-state index in [1.807, 2.05) is 6.92 Å². The van der Waals surface area contributed by atoms with Crippen LogP contribution in [0.1, 0.15) is 45.4 Å². The minimum Gasteiger partial charge on any atom is -0.388 e. The van der Waals surface area contributed by atoms with Crippen molar-refractivity contribution in [2.75, 3.05) is 39.4 Å². The number of ether oxygens (including phenoxy) is 1. The van der Waals surface area contributed by atoms with Crippen molar-refractivity contribution in [3.8, 4) is 0 Å². The van der Waals surface area contributed by atoms with Gasteiger partial charge in [0, 0.05) is 32.2 Å². The molecule has 1 aliphatic heterocycles. The number of aliphatic hydroxyl groups is 1. The molecule has 0 amide bonds. The van der Waals surface area contributed by atoms with Crippen LogP contribution in [-0.2, 0) is 4.74 Å². The summed E-state index contributed by atoms with van der Waals surface area (Å²) in [5.41, 5.74) is -0.635. The Bertz CT molecular complexity index is 245. The van der Waals surface area contributed by atoms with Gasteiger partial charge >= 0.3 is 0 Å². The zero-order chi connectivity index (χ0) is 13.6. The van der Waals surface area contributed by atoms with E-state index in [4.69, 9.17) is 4.74 Å². The van der Waals surface area contributed by atoms with Gasteiger partial charge in [-0.1, -0.05) is 25.7 Å². The number of morpholine rings is 1. The van der Waals surface area contributed by atoms with Gasteiger partial charge in [0.2, 0.25) is 0 Å². The molecular weight excluding hydrogens is 240 g/mol. The van der Waals surface area contributed by atoms with E-state index >= 15 is 0 Å². The molecule has 2 fully saturated rings. The Morgan fingerprint density at radius 3 is 2.42 bits per heavy atom. The lowest BCUT2D eigenvalue weighted by atomic mass is 10.0. The summed E-state index contributed by atoms with van der Waals surface area (Å²) in [5, 5.41) is 14.1. The van der Waals surface area contributed by atoms with Crippen LogP contribution >= 0.6 is 0 Å². The van der Waals surface area contributed by atoms with Gasteiger partial charge in [0.25, 0.3) is 0 Å². The molecule has 1 saturated carbocycles. The first-order valence-corrected chi connectivity index (χ1v) is 7.92. The van der Waals surface area contributed by atoms with Crippen LogP contribution < -0.4 is 5.32 Å². The Labute approximate surface area is 117 Å². The summed E-state index contributed by atoms with van der Waals surface area (Å²) < 4.78 is 5.34. The second-order valence-corrected chi connectivity index (χ2v) is 6.45. The minimum atomic E-state index is -0.635. The van der Waals surface area contributed by atoms with Gasteiger partial charge in [-0.05, 0) is 19.8 Å². The van der Waals surface area contributed by atoms with Crippen LogP contribution in [0, 0.1) is 0 Å². The van der Waals surface area contributed by atoms with Crippen LogP contribution in [0.25, 0.3) is 0 Å². The van der Waals surface area contributed by atoms with E-state index in [-0.39, 0.29) is 0 Å². The van der Waals surface area contributed by atoms with Crippen molar-refractivity contribution in [2.24, 2.45) is 0 Å². The van der Waals surface area contributed by atoms with Gasteiger partial charge in [-0.25, -0.2) is 0 Å². The van der Waals surface area contributed by atoms with Crippen molar-refractivity contribution in [3.05, 3.63) is 0 Å². The van der Waals surface area contributed by atoms with E-state index < -0.39 is 5.60 Å². The van der Waals surface area contributed by atoms with Crippen molar-refractivity contribution in [1.29, 1.82) is 0 Å². The predicted molar refractivity (Wildman–Crippen MR) is 77.4 cm³/mol. The van der Waals surface area contributed by atoms with Crippen LogP contribution in [-0.4, -0.2) is 61.0 Å². The molecule has 0 spiro atoms. The Hall–Kier alpha value is -0.160. The third kappa shape index (κ3) is 5.78. The maximum Gasteiger partial charge on any atom is 0.0869 e. The summed E-state index contributed by atoms with van der Waals surface area (Å²) in [6, 6.07) is 0.610. The normalized spacial score (nSPS) is 26.8. The van der Waals surface area contributed by atoms with Crippen molar-refractivity contribution in [2.45, 2.75) is 57.1 Å². The van der Waals surface area contributed by atoms with E-state index in [0.29, 0.717) is 12.6 Å². The summed E-state index contributed by atoms with van der Waals surface area (Å²) in [4.78, 5) is 2.30. The average Bonchev–Trinajstić information content (AvgIpc) is 2.66. The molecule has 1 atom stereocenters. The monoisotopic (exact) mass is 270 g/mol. The number of hydrogen-bond donors (Lipinski definition) is 2. The fourth-order valence-corrected chi connectivity index (χ4v) is 3.14. The average molecular weight is 270 g/mol. The van der Waals surface area contributed by atoms with Gasteiger partial charge < -0.3 is 15.2 Å². The highest BCUT2D eigenvalue weighted by molar-refractivity contribution is 4.83. The summed E-state index contributed by atoms with van der Waals surface area (Å²) in [5.74, 6) is 0. The lowest BCUT2D eigenvalue weighted by molar-refractivity contribution is -0.0230. The molecule has 0 aromatic rings. The maximum atomic E-state index is 10.5. The Morgan fingerprint density at radius 2 is 1.79 bits per heavy atom. The summed E-state index contributed by atoms with van der Waals surface area (Å²) in [6.07, 6.45) is 7.97. The Balaban J connectivity index is 1.69. The maximum absolute atomic E-state index is 10.5. The van der Waals surface area contributed by atoms with Gasteiger partial charge in [0.15, 0.2) is 0 Å². The topological polar surface area (TPSA) is 44.7 Å². The van der Waals surface area contributed by atoms with Crippen LogP contribution in [0.2, 0.25) is 0 Å². The van der Waals surface area contributed by atoms with Crippen molar-refractivity contribution in [1.82, 2.24) is 10.2 Å². The van der Waals surface area contributed by atoms with E-state index in [9.17, 15) is 5.11 Å². The summed E-state index contributed by atoms with van der Waals surface area (Å²) in [6.45, 7) is 6.88. The number of nitrogens with zero attached hydrogens (tertiary/aromatic N) is 1. The van der Waals surface area contributed by atoms with Gasteiger partial charge in [-0.3, -0.25) is 4.90 Å². The molecule has 0 aromatic heterocycles. The highest BCUT2D eigenvalue weighted by Crippen LogP contribution is 2.18. The first kappa shape index (κ1) is 15.2. The SMILES string of the molecule is CC(O)(CNC1CCCCCC1)CN1CCOCC1. The first-order chi connectivity index (χ1) is 9.16. The molecule has 0 bridgehead atoms. The molecule has 2 N–H and O–H groups in total. The fraction of sp³-hybridized carbons (Fsp3) is 1.00. The smallest absolute Gasteiger partial charge is 0.0869 e. The summed E-state index contributed by atoms with van der Waals surface area (Å²) in [7, 11) is 0. The molecular formula is C15H30N2O2. The van der Waals surface area contributed by atoms with E-state index in [2.05, 4.69) is 10.2 Å². The Kier molecular flexibility index (Phi) is 6.07. The third-order valence-corrected chi connectivity index (χ3v) is 4.29. The van der Waals surface area contributed by atoms with Crippen molar-refractivity contribution >= 4 is 0 Å². The van der Waals surface area contributed by atoms with Gasteiger partial charge in [-0.2, -0.15) is 0 Å². The van der Waals surface area contributed by atoms with Crippen LogP contribution in [0.5, 0.6) is 0 Å². The molecule has 0 aromatic carbocycles. The van der Waals surface area contributed by atoms with Gasteiger partial charge in [0.1, 0.15) is 0 Å². The molecule has 2 rings (SSSR count). The zero-order valence-electron chi connectivity index (χ0n) is 12.4. The second kappa shape index (κ2) is 7.58. The number of nitrogens with one attached hydrogen (secondary N) is 1. The van der Waals surface area contributed by atoms with Crippen molar-refractivity contribution in [3.63, 3.8) is 0 Å². The van der Waals surface area contributed by atoms with E-state index in [0.717, 1.165) is 32.8 Å². The lowest BCUT2D eigenvalue weighted by Crippen LogP contribution is -2.51. The second-order valence-electron chi connectivity index (χ2n) is 6.45. The lowest BCUT2D eigenvalue weighted by Gasteiger charge is -2.34.